The van der Waals surface area contributed by atoms with Gasteiger partial charge in [-0.25, -0.2) is 4.79 Å². The van der Waals surface area contributed by atoms with Crippen molar-refractivity contribution in [3.63, 3.8) is 0 Å². The highest BCUT2D eigenvalue weighted by atomic mass is 16.7. The molecule has 1 amide bonds. The molecule has 10 heteroatoms. The Morgan fingerprint density at radius 2 is 2.04 bits per heavy atom. The van der Waals surface area contributed by atoms with Crippen LogP contribution in [-0.2, 0) is 19.1 Å². The summed E-state index contributed by atoms with van der Waals surface area (Å²) in [5, 5.41) is 12.8. The van der Waals surface area contributed by atoms with Gasteiger partial charge in [0.1, 0.15) is 4.92 Å². The van der Waals surface area contributed by atoms with Gasteiger partial charge in [0.15, 0.2) is 6.61 Å². The largest absolute Gasteiger partial charge is 0.466 e. The van der Waals surface area contributed by atoms with E-state index in [1.807, 2.05) is 0 Å². The summed E-state index contributed by atoms with van der Waals surface area (Å²) >= 11 is 0. The first kappa shape index (κ1) is 18.1. The van der Waals surface area contributed by atoms with Gasteiger partial charge in [-0.1, -0.05) is 0 Å². The van der Waals surface area contributed by atoms with E-state index in [0.717, 1.165) is 12.1 Å². The molecule has 1 heterocycles. The molecule has 0 aromatic carbocycles. The second kappa shape index (κ2) is 9.18. The van der Waals surface area contributed by atoms with E-state index in [4.69, 9.17) is 4.74 Å². The van der Waals surface area contributed by atoms with E-state index in [1.165, 1.54) is 0 Å². The van der Waals surface area contributed by atoms with Crippen molar-refractivity contribution in [2.45, 2.75) is 19.8 Å². The topological polar surface area (TPSA) is 138 Å². The number of nitro groups is 1. The zero-order chi connectivity index (χ0) is 17.2. The average molecular weight is 328 g/mol. The third-order valence-corrected chi connectivity index (χ3v) is 2.49. The van der Waals surface area contributed by atoms with E-state index in [2.05, 4.69) is 14.5 Å². The molecule has 1 rings (SSSR count). The van der Waals surface area contributed by atoms with Crippen molar-refractivity contribution in [2.75, 3.05) is 19.8 Å². The van der Waals surface area contributed by atoms with Crippen LogP contribution in [0.4, 0.5) is 5.88 Å². The van der Waals surface area contributed by atoms with Gasteiger partial charge in [-0.05, 0) is 19.4 Å². The SMILES string of the molecule is CCOC(=O)CCCNC(=O)COC(=O)c1ccc([N+](=O)[O-])o1. The fraction of sp³-hybridized carbons (Fsp3) is 0.462. The summed E-state index contributed by atoms with van der Waals surface area (Å²) in [6.45, 7) is 1.65. The summed E-state index contributed by atoms with van der Waals surface area (Å²) in [6, 6.07) is 2.09. The first-order chi connectivity index (χ1) is 10.9. The molecular weight excluding hydrogens is 312 g/mol. The number of esters is 2. The minimum absolute atomic E-state index is 0.171. The van der Waals surface area contributed by atoms with E-state index in [9.17, 15) is 24.5 Å². The molecule has 0 unspecified atom stereocenters. The normalized spacial score (nSPS) is 9.96. The van der Waals surface area contributed by atoms with Crippen LogP contribution in [0.15, 0.2) is 16.5 Å². The van der Waals surface area contributed by atoms with Gasteiger partial charge in [-0.15, -0.1) is 0 Å². The molecule has 1 N–H and O–H groups in total. The van der Waals surface area contributed by atoms with E-state index in [0.29, 0.717) is 13.0 Å². The van der Waals surface area contributed by atoms with Crippen molar-refractivity contribution in [1.29, 1.82) is 0 Å². The van der Waals surface area contributed by atoms with Crippen LogP contribution in [0.2, 0.25) is 0 Å². The first-order valence-corrected chi connectivity index (χ1v) is 6.77. The van der Waals surface area contributed by atoms with E-state index in [-0.39, 0.29) is 24.7 Å². The van der Waals surface area contributed by atoms with Gasteiger partial charge < -0.3 is 19.2 Å². The molecule has 0 radical (unpaired) electrons. The average Bonchev–Trinajstić information content (AvgIpc) is 2.99. The van der Waals surface area contributed by atoms with Crippen LogP contribution in [0.5, 0.6) is 0 Å². The molecule has 0 aliphatic rings. The maximum Gasteiger partial charge on any atom is 0.433 e. The number of nitrogens with zero attached hydrogens (tertiary/aromatic N) is 1. The summed E-state index contributed by atoms with van der Waals surface area (Å²) in [7, 11) is 0. The summed E-state index contributed by atoms with van der Waals surface area (Å²) in [5.74, 6) is -2.87. The number of rotatable bonds is 9. The summed E-state index contributed by atoms with van der Waals surface area (Å²) in [5.41, 5.74) is 0. The van der Waals surface area contributed by atoms with E-state index in [1.54, 1.807) is 6.92 Å². The molecule has 0 atom stereocenters. The van der Waals surface area contributed by atoms with Crippen LogP contribution in [0.25, 0.3) is 0 Å². The number of carbonyl (C=O) groups excluding carboxylic acids is 3. The fourth-order valence-corrected chi connectivity index (χ4v) is 1.48. The summed E-state index contributed by atoms with van der Waals surface area (Å²) in [6.07, 6.45) is 0.562. The van der Waals surface area contributed by atoms with Gasteiger partial charge in [0.2, 0.25) is 5.76 Å². The van der Waals surface area contributed by atoms with E-state index >= 15 is 0 Å². The van der Waals surface area contributed by atoms with Crippen LogP contribution >= 0.6 is 0 Å². The van der Waals surface area contributed by atoms with E-state index < -0.39 is 29.3 Å². The molecule has 0 spiro atoms. The predicted octanol–water partition coefficient (Wildman–Crippen LogP) is 0.804. The van der Waals surface area contributed by atoms with Crippen molar-refractivity contribution in [2.24, 2.45) is 0 Å². The second-order valence-electron chi connectivity index (χ2n) is 4.23. The fourth-order valence-electron chi connectivity index (χ4n) is 1.48. The van der Waals surface area contributed by atoms with Crippen molar-refractivity contribution >= 4 is 23.7 Å². The third-order valence-electron chi connectivity index (χ3n) is 2.49. The highest BCUT2D eigenvalue weighted by molar-refractivity contribution is 5.89. The van der Waals surface area contributed by atoms with Crippen LogP contribution in [0.3, 0.4) is 0 Å². The highest BCUT2D eigenvalue weighted by Gasteiger charge is 2.19. The minimum Gasteiger partial charge on any atom is -0.466 e. The summed E-state index contributed by atoms with van der Waals surface area (Å²) in [4.78, 5) is 43.6. The molecule has 0 fully saturated rings. The molecule has 126 valence electrons. The molecule has 0 saturated heterocycles. The smallest absolute Gasteiger partial charge is 0.433 e. The van der Waals surface area contributed by atoms with Crippen molar-refractivity contribution < 1.29 is 33.2 Å². The van der Waals surface area contributed by atoms with Gasteiger partial charge in [0, 0.05) is 13.0 Å². The zero-order valence-corrected chi connectivity index (χ0v) is 12.4. The van der Waals surface area contributed by atoms with Gasteiger partial charge in [0.05, 0.1) is 12.7 Å². The number of nitrogens with one attached hydrogen (secondary N) is 1. The quantitative estimate of drug-likeness (QED) is 0.304. The lowest BCUT2D eigenvalue weighted by Crippen LogP contribution is -2.29. The van der Waals surface area contributed by atoms with Gasteiger partial charge in [-0.3, -0.25) is 19.7 Å². The molecule has 23 heavy (non-hydrogen) atoms. The number of furan rings is 1. The second-order valence-corrected chi connectivity index (χ2v) is 4.23. The highest BCUT2D eigenvalue weighted by Crippen LogP contribution is 2.16. The number of amides is 1. The Hall–Kier alpha value is -2.91. The monoisotopic (exact) mass is 328 g/mol. The van der Waals surface area contributed by atoms with Crippen molar-refractivity contribution in [1.82, 2.24) is 5.32 Å². The van der Waals surface area contributed by atoms with Gasteiger partial charge in [0.25, 0.3) is 5.91 Å². The molecule has 0 saturated carbocycles. The standard InChI is InChI=1S/C13H16N2O8/c1-2-21-12(17)4-3-7-14-10(16)8-22-13(18)9-5-6-11(23-9)15(19)20/h5-6H,2-4,7-8H2,1H3,(H,14,16). The Bertz CT molecular complexity index is 580. The minimum atomic E-state index is -0.986. The lowest BCUT2D eigenvalue weighted by Gasteiger charge is -2.05. The lowest BCUT2D eigenvalue weighted by atomic mass is 10.3. The lowest BCUT2D eigenvalue weighted by molar-refractivity contribution is -0.402. The Morgan fingerprint density at radius 1 is 1.30 bits per heavy atom. The molecule has 1 aromatic rings. The maximum atomic E-state index is 11.5. The molecular formula is C13H16N2O8. The van der Waals surface area contributed by atoms with Gasteiger partial charge in [-0.2, -0.15) is 0 Å². The van der Waals surface area contributed by atoms with Crippen LogP contribution < -0.4 is 5.32 Å². The number of ether oxygens (including phenoxy) is 2. The Labute approximate surface area is 130 Å². The van der Waals surface area contributed by atoms with Crippen LogP contribution in [0, 0.1) is 10.1 Å². The predicted molar refractivity (Wildman–Crippen MR) is 74.5 cm³/mol. The zero-order valence-electron chi connectivity index (χ0n) is 12.4. The van der Waals surface area contributed by atoms with Gasteiger partial charge >= 0.3 is 17.8 Å². The molecule has 10 nitrogen and oxygen atoms in total. The number of hydrogen-bond acceptors (Lipinski definition) is 8. The number of hydrogen-bond donors (Lipinski definition) is 1. The number of carbonyl (C=O) groups is 3. The molecule has 0 aliphatic carbocycles. The Kier molecular flexibility index (Phi) is 7.24. The molecule has 0 aliphatic heterocycles. The Morgan fingerprint density at radius 3 is 2.65 bits per heavy atom. The van der Waals surface area contributed by atoms with Crippen LogP contribution in [0.1, 0.15) is 30.3 Å². The summed E-state index contributed by atoms with van der Waals surface area (Å²) < 4.78 is 14.0. The first-order valence-electron chi connectivity index (χ1n) is 6.77. The molecule has 1 aromatic heterocycles. The third kappa shape index (κ3) is 6.59. The van der Waals surface area contributed by atoms with Crippen LogP contribution in [-0.4, -0.2) is 42.5 Å². The van der Waals surface area contributed by atoms with Crippen molar-refractivity contribution in [3.05, 3.63) is 28.0 Å². The Balaban J connectivity index is 2.23. The van der Waals surface area contributed by atoms with Crippen molar-refractivity contribution in [3.8, 4) is 0 Å². The molecule has 0 bridgehead atoms. The maximum absolute atomic E-state index is 11.5.